The van der Waals surface area contributed by atoms with E-state index in [0.29, 0.717) is 5.92 Å². The highest BCUT2D eigenvalue weighted by atomic mass is 16.3. The quantitative estimate of drug-likeness (QED) is 0.584. The molecule has 2 unspecified atom stereocenters. The summed E-state index contributed by atoms with van der Waals surface area (Å²) in [5, 5.41) is 9.62. The van der Waals surface area contributed by atoms with Crippen LogP contribution in [0.1, 0.15) is 59.3 Å². The van der Waals surface area contributed by atoms with Crippen molar-refractivity contribution in [3.8, 4) is 0 Å². The van der Waals surface area contributed by atoms with Crippen molar-refractivity contribution in [2.24, 2.45) is 5.92 Å². The van der Waals surface area contributed by atoms with Gasteiger partial charge in [0.2, 0.25) is 0 Å². The third-order valence-electron chi connectivity index (χ3n) is 2.65. The number of hydrogen-bond acceptors (Lipinski definition) is 1. The van der Waals surface area contributed by atoms with Gasteiger partial charge in [-0.1, -0.05) is 52.9 Å². The number of rotatable bonds is 7. The van der Waals surface area contributed by atoms with E-state index in [1.165, 1.54) is 25.7 Å². The van der Waals surface area contributed by atoms with Crippen LogP contribution in [0.2, 0.25) is 0 Å². The van der Waals surface area contributed by atoms with Gasteiger partial charge in [-0.2, -0.15) is 0 Å². The number of aliphatic hydroxyl groups excluding tert-OH is 1. The molecular formula is C11H24O. The number of aliphatic hydroxyl groups is 1. The van der Waals surface area contributed by atoms with Gasteiger partial charge in [0.15, 0.2) is 0 Å². The largest absolute Gasteiger partial charge is 0.393 e. The standard InChI is InChI=1S/C11H24O/c1-4-6-7-8-9-11(12)10(3)5-2/h10-12H,4-9H2,1-3H3. The van der Waals surface area contributed by atoms with E-state index in [1.54, 1.807) is 0 Å². The fourth-order valence-electron chi connectivity index (χ4n) is 1.34. The maximum atomic E-state index is 9.62. The lowest BCUT2D eigenvalue weighted by molar-refractivity contribution is 0.103. The van der Waals surface area contributed by atoms with Gasteiger partial charge in [-0.05, 0) is 12.3 Å². The van der Waals surface area contributed by atoms with E-state index >= 15 is 0 Å². The van der Waals surface area contributed by atoms with Crippen molar-refractivity contribution in [3.63, 3.8) is 0 Å². The smallest absolute Gasteiger partial charge is 0.0565 e. The van der Waals surface area contributed by atoms with Gasteiger partial charge in [0.25, 0.3) is 0 Å². The average molecular weight is 172 g/mol. The zero-order chi connectivity index (χ0) is 9.40. The summed E-state index contributed by atoms with van der Waals surface area (Å²) in [7, 11) is 0. The van der Waals surface area contributed by atoms with Gasteiger partial charge < -0.3 is 5.11 Å². The lowest BCUT2D eigenvalue weighted by Crippen LogP contribution is -2.16. The molecule has 0 amide bonds. The van der Waals surface area contributed by atoms with Crippen molar-refractivity contribution in [2.75, 3.05) is 0 Å². The summed E-state index contributed by atoms with van der Waals surface area (Å²) in [4.78, 5) is 0. The lowest BCUT2D eigenvalue weighted by atomic mass is 9.97. The minimum absolute atomic E-state index is 0.0631. The monoisotopic (exact) mass is 172 g/mol. The summed E-state index contributed by atoms with van der Waals surface area (Å²) < 4.78 is 0. The van der Waals surface area contributed by atoms with Crippen LogP contribution in [0, 0.1) is 5.92 Å². The molecule has 0 saturated carbocycles. The Morgan fingerprint density at radius 1 is 1.08 bits per heavy atom. The van der Waals surface area contributed by atoms with E-state index < -0.39 is 0 Å². The molecule has 0 radical (unpaired) electrons. The number of hydrogen-bond donors (Lipinski definition) is 1. The second kappa shape index (κ2) is 7.60. The SMILES string of the molecule is CCCCCCC(O)C(C)CC. The zero-order valence-corrected chi connectivity index (χ0v) is 8.84. The fraction of sp³-hybridized carbons (Fsp3) is 1.00. The fourth-order valence-corrected chi connectivity index (χ4v) is 1.34. The first kappa shape index (κ1) is 12.0. The van der Waals surface area contributed by atoms with Crippen LogP contribution in [-0.2, 0) is 0 Å². The molecule has 2 atom stereocenters. The van der Waals surface area contributed by atoms with Crippen LogP contribution in [-0.4, -0.2) is 11.2 Å². The van der Waals surface area contributed by atoms with E-state index in [0.717, 1.165) is 12.8 Å². The molecule has 0 rings (SSSR count). The van der Waals surface area contributed by atoms with Crippen molar-refractivity contribution in [1.29, 1.82) is 0 Å². The third-order valence-corrected chi connectivity index (χ3v) is 2.65. The zero-order valence-electron chi connectivity index (χ0n) is 8.84. The van der Waals surface area contributed by atoms with Crippen LogP contribution in [0.25, 0.3) is 0 Å². The van der Waals surface area contributed by atoms with Gasteiger partial charge in [-0.15, -0.1) is 0 Å². The second-order valence-electron chi connectivity index (χ2n) is 3.80. The van der Waals surface area contributed by atoms with Crippen molar-refractivity contribution >= 4 is 0 Å². The third kappa shape index (κ3) is 5.59. The summed E-state index contributed by atoms with van der Waals surface area (Å²) in [6, 6.07) is 0. The molecule has 1 heteroatoms. The first-order valence-electron chi connectivity index (χ1n) is 5.40. The van der Waals surface area contributed by atoms with Gasteiger partial charge in [0.1, 0.15) is 0 Å². The van der Waals surface area contributed by atoms with Crippen LogP contribution < -0.4 is 0 Å². The Morgan fingerprint density at radius 2 is 1.75 bits per heavy atom. The lowest BCUT2D eigenvalue weighted by Gasteiger charge is -2.16. The molecule has 74 valence electrons. The summed E-state index contributed by atoms with van der Waals surface area (Å²) in [5.74, 6) is 0.478. The van der Waals surface area contributed by atoms with Crippen LogP contribution in [0.15, 0.2) is 0 Å². The predicted octanol–water partition coefficient (Wildman–Crippen LogP) is 3.36. The van der Waals surface area contributed by atoms with E-state index in [9.17, 15) is 5.11 Å². The molecule has 0 heterocycles. The molecule has 0 fully saturated rings. The molecule has 0 aromatic rings. The molecular weight excluding hydrogens is 148 g/mol. The highest BCUT2D eigenvalue weighted by Crippen LogP contribution is 2.14. The van der Waals surface area contributed by atoms with Crippen LogP contribution in [0.3, 0.4) is 0 Å². The molecule has 0 aliphatic rings. The Balaban J connectivity index is 3.24. The first-order chi connectivity index (χ1) is 5.72. The molecule has 0 spiro atoms. The van der Waals surface area contributed by atoms with Gasteiger partial charge in [0, 0.05) is 0 Å². The van der Waals surface area contributed by atoms with Crippen LogP contribution in [0.4, 0.5) is 0 Å². The van der Waals surface area contributed by atoms with E-state index in [2.05, 4.69) is 20.8 Å². The highest BCUT2D eigenvalue weighted by molar-refractivity contribution is 4.62. The summed E-state index contributed by atoms with van der Waals surface area (Å²) in [6.07, 6.45) is 7.09. The normalized spacial score (nSPS) is 16.0. The Bertz CT molecular complexity index is 91.0. The van der Waals surface area contributed by atoms with Gasteiger partial charge >= 0.3 is 0 Å². The van der Waals surface area contributed by atoms with Crippen LogP contribution in [0.5, 0.6) is 0 Å². The Labute approximate surface area is 77.2 Å². The van der Waals surface area contributed by atoms with Crippen molar-refractivity contribution in [2.45, 2.75) is 65.4 Å². The van der Waals surface area contributed by atoms with Crippen LogP contribution >= 0.6 is 0 Å². The molecule has 0 aromatic carbocycles. The molecule has 0 bridgehead atoms. The van der Waals surface area contributed by atoms with Gasteiger partial charge in [0.05, 0.1) is 6.10 Å². The van der Waals surface area contributed by atoms with Gasteiger partial charge in [-0.25, -0.2) is 0 Å². The van der Waals surface area contributed by atoms with Gasteiger partial charge in [-0.3, -0.25) is 0 Å². The molecule has 1 nitrogen and oxygen atoms in total. The molecule has 0 saturated heterocycles. The molecule has 0 aliphatic carbocycles. The van der Waals surface area contributed by atoms with E-state index in [4.69, 9.17) is 0 Å². The van der Waals surface area contributed by atoms with E-state index in [-0.39, 0.29) is 6.10 Å². The maximum Gasteiger partial charge on any atom is 0.0565 e. The molecule has 0 aliphatic heterocycles. The average Bonchev–Trinajstić information content (AvgIpc) is 2.10. The predicted molar refractivity (Wildman–Crippen MR) is 54.2 cm³/mol. The topological polar surface area (TPSA) is 20.2 Å². The molecule has 1 N–H and O–H groups in total. The summed E-state index contributed by atoms with van der Waals surface area (Å²) in [6.45, 7) is 6.48. The first-order valence-corrected chi connectivity index (χ1v) is 5.40. The summed E-state index contributed by atoms with van der Waals surface area (Å²) in [5.41, 5.74) is 0. The second-order valence-corrected chi connectivity index (χ2v) is 3.80. The molecule has 0 aromatic heterocycles. The van der Waals surface area contributed by atoms with Crippen molar-refractivity contribution in [3.05, 3.63) is 0 Å². The number of unbranched alkanes of at least 4 members (excludes halogenated alkanes) is 3. The van der Waals surface area contributed by atoms with E-state index in [1.807, 2.05) is 0 Å². The minimum atomic E-state index is -0.0631. The Kier molecular flexibility index (Phi) is 7.58. The summed E-state index contributed by atoms with van der Waals surface area (Å²) >= 11 is 0. The highest BCUT2D eigenvalue weighted by Gasteiger charge is 2.10. The van der Waals surface area contributed by atoms with Crippen molar-refractivity contribution < 1.29 is 5.11 Å². The maximum absolute atomic E-state index is 9.62. The minimum Gasteiger partial charge on any atom is -0.393 e. The molecule has 12 heavy (non-hydrogen) atoms. The van der Waals surface area contributed by atoms with Crippen molar-refractivity contribution in [1.82, 2.24) is 0 Å². The Morgan fingerprint density at radius 3 is 2.25 bits per heavy atom. The Hall–Kier alpha value is -0.0400.